The van der Waals surface area contributed by atoms with E-state index in [1.165, 1.54) is 11.1 Å². The lowest BCUT2D eigenvalue weighted by molar-refractivity contribution is 0.141. The van der Waals surface area contributed by atoms with E-state index in [9.17, 15) is 5.11 Å². The molecule has 0 aliphatic rings. The van der Waals surface area contributed by atoms with Crippen molar-refractivity contribution in [1.29, 1.82) is 0 Å². The highest BCUT2D eigenvalue weighted by Gasteiger charge is 2.07. The van der Waals surface area contributed by atoms with Crippen LogP contribution in [0.1, 0.15) is 29.2 Å². The van der Waals surface area contributed by atoms with Crippen LogP contribution in [0.3, 0.4) is 0 Å². The fraction of sp³-hybridized carbons (Fsp3) is 0.294. The van der Waals surface area contributed by atoms with Crippen molar-refractivity contribution in [1.82, 2.24) is 0 Å². The van der Waals surface area contributed by atoms with Gasteiger partial charge in [-0.05, 0) is 37.1 Å². The molecule has 0 bridgehead atoms. The topological polar surface area (TPSA) is 29.5 Å². The maximum absolute atomic E-state index is 10.1. The Bertz CT molecular complexity index is 517. The largest absolute Gasteiger partial charge is 0.493 e. The van der Waals surface area contributed by atoms with Crippen LogP contribution in [0.5, 0.6) is 5.75 Å². The summed E-state index contributed by atoms with van der Waals surface area (Å²) in [6, 6.07) is 15.9. The molecule has 0 aromatic heterocycles. The lowest BCUT2D eigenvalue weighted by Gasteiger charge is -2.12. The van der Waals surface area contributed by atoms with Gasteiger partial charge in [-0.1, -0.05) is 42.0 Å². The van der Waals surface area contributed by atoms with Crippen LogP contribution in [-0.2, 0) is 0 Å². The summed E-state index contributed by atoms with van der Waals surface area (Å²) in [5, 5.41) is 10.1. The van der Waals surface area contributed by atoms with E-state index in [0.29, 0.717) is 13.0 Å². The van der Waals surface area contributed by atoms with Crippen molar-refractivity contribution in [3.05, 3.63) is 65.2 Å². The van der Waals surface area contributed by atoms with Crippen LogP contribution in [0.15, 0.2) is 48.5 Å². The van der Waals surface area contributed by atoms with Gasteiger partial charge in [-0.15, -0.1) is 0 Å². The lowest BCUT2D eigenvalue weighted by Crippen LogP contribution is -2.05. The van der Waals surface area contributed by atoms with Gasteiger partial charge in [0.15, 0.2) is 0 Å². The van der Waals surface area contributed by atoms with Gasteiger partial charge in [0.05, 0.1) is 12.7 Å². The van der Waals surface area contributed by atoms with E-state index in [2.05, 4.69) is 0 Å². The Hall–Kier alpha value is -1.80. The van der Waals surface area contributed by atoms with Gasteiger partial charge < -0.3 is 9.84 Å². The zero-order valence-electron chi connectivity index (χ0n) is 11.5. The van der Waals surface area contributed by atoms with E-state index in [4.69, 9.17) is 4.74 Å². The first-order valence-electron chi connectivity index (χ1n) is 6.59. The van der Waals surface area contributed by atoms with Gasteiger partial charge in [0.1, 0.15) is 5.75 Å². The van der Waals surface area contributed by atoms with Gasteiger partial charge in [-0.25, -0.2) is 0 Å². The van der Waals surface area contributed by atoms with Gasteiger partial charge in [0.25, 0.3) is 0 Å². The molecule has 0 aliphatic carbocycles. The van der Waals surface area contributed by atoms with E-state index in [0.717, 1.165) is 11.3 Å². The standard InChI is InChI=1S/C17H20O2/c1-13-6-8-15(9-7-13)17(18)10-11-19-16-5-3-4-14(2)12-16/h3-9,12,17-18H,10-11H2,1-2H3. The Labute approximate surface area is 114 Å². The van der Waals surface area contributed by atoms with Gasteiger partial charge in [0, 0.05) is 6.42 Å². The number of aliphatic hydroxyl groups excluding tert-OH is 1. The smallest absolute Gasteiger partial charge is 0.119 e. The van der Waals surface area contributed by atoms with Crippen molar-refractivity contribution in [2.75, 3.05) is 6.61 Å². The molecule has 2 nitrogen and oxygen atoms in total. The molecule has 2 heteroatoms. The summed E-state index contributed by atoms with van der Waals surface area (Å²) in [6.07, 6.45) is 0.127. The Morgan fingerprint density at radius 3 is 2.42 bits per heavy atom. The second kappa shape index (κ2) is 6.39. The molecule has 0 saturated carbocycles. The normalized spacial score (nSPS) is 12.2. The van der Waals surface area contributed by atoms with Crippen molar-refractivity contribution < 1.29 is 9.84 Å². The Kier molecular flexibility index (Phi) is 4.58. The van der Waals surface area contributed by atoms with Crippen molar-refractivity contribution >= 4 is 0 Å². The predicted octanol–water partition coefficient (Wildman–Crippen LogP) is 3.81. The fourth-order valence-electron chi connectivity index (χ4n) is 1.95. The van der Waals surface area contributed by atoms with Gasteiger partial charge in [-0.2, -0.15) is 0 Å². The zero-order valence-corrected chi connectivity index (χ0v) is 11.5. The molecule has 100 valence electrons. The van der Waals surface area contributed by atoms with Crippen LogP contribution in [0, 0.1) is 13.8 Å². The number of hydrogen-bond donors (Lipinski definition) is 1. The minimum absolute atomic E-state index is 0.467. The number of aliphatic hydroxyl groups is 1. The molecule has 1 N–H and O–H groups in total. The zero-order chi connectivity index (χ0) is 13.7. The average Bonchev–Trinajstić information content (AvgIpc) is 2.39. The van der Waals surface area contributed by atoms with Crippen LogP contribution in [0.4, 0.5) is 0 Å². The van der Waals surface area contributed by atoms with Crippen LogP contribution in [0.25, 0.3) is 0 Å². The molecule has 0 fully saturated rings. The number of ether oxygens (including phenoxy) is 1. The third-order valence-corrected chi connectivity index (χ3v) is 3.11. The second-order valence-corrected chi connectivity index (χ2v) is 4.88. The summed E-state index contributed by atoms with van der Waals surface area (Å²) in [7, 11) is 0. The molecule has 0 aliphatic heterocycles. The summed E-state index contributed by atoms with van der Waals surface area (Å²) < 4.78 is 5.64. The molecular weight excluding hydrogens is 236 g/mol. The molecule has 0 saturated heterocycles. The van der Waals surface area contributed by atoms with Crippen molar-refractivity contribution in [2.45, 2.75) is 26.4 Å². The Morgan fingerprint density at radius 1 is 1.00 bits per heavy atom. The van der Waals surface area contributed by atoms with E-state index < -0.39 is 6.10 Å². The van der Waals surface area contributed by atoms with Crippen LogP contribution >= 0.6 is 0 Å². The summed E-state index contributed by atoms with van der Waals surface area (Å²) in [5.41, 5.74) is 3.32. The quantitative estimate of drug-likeness (QED) is 0.881. The van der Waals surface area contributed by atoms with Crippen molar-refractivity contribution in [2.24, 2.45) is 0 Å². The molecule has 2 aromatic carbocycles. The highest BCUT2D eigenvalue weighted by atomic mass is 16.5. The van der Waals surface area contributed by atoms with E-state index in [1.807, 2.05) is 62.4 Å². The Morgan fingerprint density at radius 2 is 1.74 bits per heavy atom. The van der Waals surface area contributed by atoms with Crippen LogP contribution in [-0.4, -0.2) is 11.7 Å². The first kappa shape index (κ1) is 13.6. The van der Waals surface area contributed by atoms with Gasteiger partial charge >= 0.3 is 0 Å². The highest BCUT2D eigenvalue weighted by Crippen LogP contribution is 2.18. The molecule has 0 amide bonds. The molecule has 2 rings (SSSR count). The minimum Gasteiger partial charge on any atom is -0.493 e. The van der Waals surface area contributed by atoms with E-state index in [-0.39, 0.29) is 0 Å². The van der Waals surface area contributed by atoms with E-state index >= 15 is 0 Å². The minimum atomic E-state index is -0.467. The summed E-state index contributed by atoms with van der Waals surface area (Å²) in [6.45, 7) is 4.59. The Balaban J connectivity index is 1.84. The predicted molar refractivity (Wildman–Crippen MR) is 77.4 cm³/mol. The molecule has 0 heterocycles. The number of rotatable bonds is 5. The van der Waals surface area contributed by atoms with Crippen molar-refractivity contribution in [3.8, 4) is 5.75 Å². The van der Waals surface area contributed by atoms with Crippen molar-refractivity contribution in [3.63, 3.8) is 0 Å². The number of hydrogen-bond acceptors (Lipinski definition) is 2. The molecule has 2 aromatic rings. The first-order chi connectivity index (χ1) is 9.15. The monoisotopic (exact) mass is 256 g/mol. The molecule has 19 heavy (non-hydrogen) atoms. The summed E-state index contributed by atoms with van der Waals surface area (Å²) in [5.74, 6) is 0.858. The number of benzene rings is 2. The first-order valence-corrected chi connectivity index (χ1v) is 6.59. The highest BCUT2D eigenvalue weighted by molar-refractivity contribution is 5.27. The fourth-order valence-corrected chi connectivity index (χ4v) is 1.95. The average molecular weight is 256 g/mol. The number of aryl methyl sites for hydroxylation is 2. The maximum Gasteiger partial charge on any atom is 0.119 e. The molecule has 0 radical (unpaired) electrons. The summed E-state index contributed by atoms with van der Waals surface area (Å²) >= 11 is 0. The second-order valence-electron chi connectivity index (χ2n) is 4.88. The molecule has 1 unspecified atom stereocenters. The van der Waals surface area contributed by atoms with E-state index in [1.54, 1.807) is 0 Å². The van der Waals surface area contributed by atoms with Gasteiger partial charge in [0.2, 0.25) is 0 Å². The SMILES string of the molecule is Cc1ccc(C(O)CCOc2cccc(C)c2)cc1. The lowest BCUT2D eigenvalue weighted by atomic mass is 10.1. The third kappa shape index (κ3) is 4.11. The molecule has 0 spiro atoms. The molecule has 1 atom stereocenters. The van der Waals surface area contributed by atoms with Crippen LogP contribution < -0.4 is 4.74 Å². The molecular formula is C17H20O2. The van der Waals surface area contributed by atoms with Crippen LogP contribution in [0.2, 0.25) is 0 Å². The van der Waals surface area contributed by atoms with Gasteiger partial charge in [-0.3, -0.25) is 0 Å². The maximum atomic E-state index is 10.1. The third-order valence-electron chi connectivity index (χ3n) is 3.11. The summed E-state index contributed by atoms with van der Waals surface area (Å²) in [4.78, 5) is 0.